The summed E-state index contributed by atoms with van der Waals surface area (Å²) in [6.07, 6.45) is 7.15. The Morgan fingerprint density at radius 1 is 1.44 bits per heavy atom. The second-order valence-electron chi connectivity index (χ2n) is 3.39. The van der Waals surface area contributed by atoms with Crippen molar-refractivity contribution in [3.8, 4) is 6.07 Å². The molecule has 3 nitrogen and oxygen atoms in total. The van der Waals surface area contributed by atoms with Crippen LogP contribution < -0.4 is 0 Å². The SMILES string of the molecule is C=C(C#N)/C=C\C(=C)C1=CN=C(C=O)CC1. The van der Waals surface area contributed by atoms with Gasteiger partial charge in [-0.2, -0.15) is 5.26 Å². The fourth-order valence-electron chi connectivity index (χ4n) is 1.23. The molecule has 0 amide bonds. The van der Waals surface area contributed by atoms with Gasteiger partial charge in [-0.3, -0.25) is 9.79 Å². The number of aliphatic imine (C=N–C) groups is 1. The average Bonchev–Trinajstić information content (AvgIpc) is 2.35. The second kappa shape index (κ2) is 5.62. The number of nitriles is 1. The van der Waals surface area contributed by atoms with E-state index in [9.17, 15) is 4.79 Å². The number of rotatable bonds is 4. The third-order valence-corrected chi connectivity index (χ3v) is 2.21. The molecule has 0 atom stereocenters. The molecule has 0 saturated carbocycles. The average molecular weight is 212 g/mol. The first kappa shape index (κ1) is 11.9. The molecule has 0 fully saturated rings. The minimum absolute atomic E-state index is 0.384. The quantitative estimate of drug-likeness (QED) is 0.408. The van der Waals surface area contributed by atoms with Crippen LogP contribution in [0.2, 0.25) is 0 Å². The summed E-state index contributed by atoms with van der Waals surface area (Å²) in [6, 6.07) is 1.92. The Kier molecular flexibility index (Phi) is 4.16. The summed E-state index contributed by atoms with van der Waals surface area (Å²) in [5.74, 6) is 0. The first-order valence-corrected chi connectivity index (χ1v) is 4.84. The molecule has 0 aromatic heterocycles. The van der Waals surface area contributed by atoms with E-state index in [0.717, 1.165) is 23.9 Å². The zero-order valence-electron chi connectivity index (χ0n) is 8.94. The molecule has 0 N–H and O–H groups in total. The lowest BCUT2D eigenvalue weighted by atomic mass is 9.99. The topological polar surface area (TPSA) is 53.2 Å². The summed E-state index contributed by atoms with van der Waals surface area (Å²) in [6.45, 7) is 7.41. The minimum atomic E-state index is 0.384. The maximum atomic E-state index is 10.4. The molecule has 80 valence electrons. The fourth-order valence-corrected chi connectivity index (χ4v) is 1.23. The lowest BCUT2D eigenvalue weighted by Gasteiger charge is -2.10. The van der Waals surface area contributed by atoms with E-state index in [1.165, 1.54) is 0 Å². The molecular weight excluding hydrogens is 200 g/mol. The summed E-state index contributed by atoms with van der Waals surface area (Å²) < 4.78 is 0. The van der Waals surface area contributed by atoms with E-state index in [1.54, 1.807) is 18.4 Å². The molecule has 0 aromatic rings. The number of hydrogen-bond donors (Lipinski definition) is 0. The van der Waals surface area contributed by atoms with Crippen LogP contribution >= 0.6 is 0 Å². The molecule has 0 aliphatic carbocycles. The third-order valence-electron chi connectivity index (χ3n) is 2.21. The number of carbonyl (C=O) groups excluding carboxylic acids is 1. The Morgan fingerprint density at radius 3 is 2.69 bits per heavy atom. The lowest BCUT2D eigenvalue weighted by Crippen LogP contribution is -2.04. The predicted molar refractivity (Wildman–Crippen MR) is 63.8 cm³/mol. The summed E-state index contributed by atoms with van der Waals surface area (Å²) in [7, 11) is 0. The molecule has 0 spiro atoms. The Labute approximate surface area is 94.8 Å². The second-order valence-corrected chi connectivity index (χ2v) is 3.39. The van der Waals surface area contributed by atoms with Crippen LogP contribution in [0.5, 0.6) is 0 Å². The van der Waals surface area contributed by atoms with Gasteiger partial charge < -0.3 is 0 Å². The Balaban J connectivity index is 2.71. The van der Waals surface area contributed by atoms with Gasteiger partial charge in [0.1, 0.15) is 0 Å². The molecule has 0 bridgehead atoms. The van der Waals surface area contributed by atoms with Crippen LogP contribution in [0.4, 0.5) is 0 Å². The van der Waals surface area contributed by atoms with E-state index >= 15 is 0 Å². The van der Waals surface area contributed by atoms with Gasteiger partial charge in [-0.15, -0.1) is 0 Å². The van der Waals surface area contributed by atoms with E-state index in [2.05, 4.69) is 18.2 Å². The highest BCUT2D eigenvalue weighted by molar-refractivity contribution is 6.28. The predicted octanol–water partition coefficient (Wildman–Crippen LogP) is 2.50. The number of aldehydes is 1. The molecule has 1 heterocycles. The first-order valence-electron chi connectivity index (χ1n) is 4.84. The van der Waals surface area contributed by atoms with Crippen molar-refractivity contribution in [3.63, 3.8) is 0 Å². The third kappa shape index (κ3) is 3.18. The number of carbonyl (C=O) groups is 1. The Bertz CT molecular complexity index is 459. The van der Waals surface area contributed by atoms with E-state index in [-0.39, 0.29) is 0 Å². The van der Waals surface area contributed by atoms with Gasteiger partial charge in [0.15, 0.2) is 6.29 Å². The Hall–Kier alpha value is -2.21. The summed E-state index contributed by atoms with van der Waals surface area (Å²) >= 11 is 0. The number of nitrogens with zero attached hydrogens (tertiary/aromatic N) is 2. The molecular formula is C13H12N2O. The van der Waals surface area contributed by atoms with Crippen molar-refractivity contribution in [1.82, 2.24) is 0 Å². The molecule has 3 heteroatoms. The van der Waals surface area contributed by atoms with Crippen molar-refractivity contribution in [3.05, 3.63) is 48.2 Å². The van der Waals surface area contributed by atoms with Crippen LogP contribution in [0.25, 0.3) is 0 Å². The van der Waals surface area contributed by atoms with Crippen molar-refractivity contribution in [2.24, 2.45) is 4.99 Å². The van der Waals surface area contributed by atoms with E-state index in [1.807, 2.05) is 6.07 Å². The number of allylic oxidation sites excluding steroid dienone is 5. The molecule has 0 radical (unpaired) electrons. The van der Waals surface area contributed by atoms with Crippen LogP contribution in [0.1, 0.15) is 12.8 Å². The molecule has 1 rings (SSSR count). The van der Waals surface area contributed by atoms with Crippen molar-refractivity contribution in [2.75, 3.05) is 0 Å². The van der Waals surface area contributed by atoms with Gasteiger partial charge in [0.25, 0.3) is 0 Å². The smallest absolute Gasteiger partial charge is 0.164 e. The largest absolute Gasteiger partial charge is 0.297 e. The number of hydrogen-bond acceptors (Lipinski definition) is 3. The zero-order chi connectivity index (χ0) is 12.0. The standard InChI is InChI=1S/C13H12N2O/c1-10(7-14)3-4-11(2)12-5-6-13(9-16)15-8-12/h3-4,8-9H,1-2,5-6H2/b4-3-. The highest BCUT2D eigenvalue weighted by atomic mass is 16.1. The van der Waals surface area contributed by atoms with Gasteiger partial charge >= 0.3 is 0 Å². The highest BCUT2D eigenvalue weighted by Crippen LogP contribution is 2.20. The van der Waals surface area contributed by atoms with Crippen LogP contribution in [0.15, 0.2) is 53.2 Å². The minimum Gasteiger partial charge on any atom is -0.297 e. The van der Waals surface area contributed by atoms with Gasteiger partial charge in [0.2, 0.25) is 0 Å². The molecule has 0 saturated heterocycles. The van der Waals surface area contributed by atoms with Crippen LogP contribution in [-0.4, -0.2) is 12.0 Å². The summed E-state index contributed by atoms with van der Waals surface area (Å²) in [5, 5.41) is 8.52. The normalized spacial score (nSPS) is 14.9. The van der Waals surface area contributed by atoms with Crippen LogP contribution in [-0.2, 0) is 4.79 Å². The maximum Gasteiger partial charge on any atom is 0.164 e. The monoisotopic (exact) mass is 212 g/mol. The maximum absolute atomic E-state index is 10.4. The molecule has 1 aliphatic rings. The zero-order valence-corrected chi connectivity index (χ0v) is 8.94. The molecule has 0 aromatic carbocycles. The van der Waals surface area contributed by atoms with Crippen molar-refractivity contribution < 1.29 is 4.79 Å². The van der Waals surface area contributed by atoms with E-state index in [0.29, 0.717) is 17.7 Å². The molecule has 16 heavy (non-hydrogen) atoms. The van der Waals surface area contributed by atoms with Crippen LogP contribution in [0.3, 0.4) is 0 Å². The summed E-state index contributed by atoms with van der Waals surface area (Å²) in [4.78, 5) is 14.4. The van der Waals surface area contributed by atoms with Crippen molar-refractivity contribution in [2.45, 2.75) is 12.8 Å². The Morgan fingerprint density at radius 2 is 2.19 bits per heavy atom. The van der Waals surface area contributed by atoms with Crippen molar-refractivity contribution in [1.29, 1.82) is 5.26 Å². The molecule has 1 aliphatic heterocycles. The van der Waals surface area contributed by atoms with Gasteiger partial charge in [-0.05, 0) is 30.1 Å². The van der Waals surface area contributed by atoms with Gasteiger partial charge in [-0.1, -0.05) is 19.2 Å². The lowest BCUT2D eigenvalue weighted by molar-refractivity contribution is -0.102. The molecule has 0 unspecified atom stereocenters. The highest BCUT2D eigenvalue weighted by Gasteiger charge is 2.08. The van der Waals surface area contributed by atoms with E-state index in [4.69, 9.17) is 5.26 Å². The summed E-state index contributed by atoms with van der Waals surface area (Å²) in [5.41, 5.74) is 2.72. The van der Waals surface area contributed by atoms with Gasteiger partial charge in [-0.25, -0.2) is 0 Å². The van der Waals surface area contributed by atoms with Crippen molar-refractivity contribution >= 4 is 12.0 Å². The van der Waals surface area contributed by atoms with Gasteiger partial charge in [0, 0.05) is 11.8 Å². The first-order chi connectivity index (χ1) is 7.67. The van der Waals surface area contributed by atoms with Crippen LogP contribution in [0, 0.1) is 11.3 Å². The van der Waals surface area contributed by atoms with Gasteiger partial charge in [0.05, 0.1) is 11.8 Å². The fraction of sp³-hybridized carbons (Fsp3) is 0.154. The van der Waals surface area contributed by atoms with E-state index < -0.39 is 0 Å².